The van der Waals surface area contributed by atoms with Crippen molar-refractivity contribution in [2.45, 2.75) is 31.8 Å². The van der Waals surface area contributed by atoms with Crippen molar-refractivity contribution in [1.82, 2.24) is 14.8 Å². The molecule has 0 spiro atoms. The molecular weight excluding hydrogens is 342 g/mol. The number of benzene rings is 1. The molecule has 1 N–H and O–H groups in total. The third kappa shape index (κ3) is 3.81. The number of para-hydroxylation sites is 1. The normalized spacial score (nSPS) is 17.6. The van der Waals surface area contributed by atoms with E-state index in [-0.39, 0.29) is 11.9 Å². The molecule has 1 aliphatic heterocycles. The van der Waals surface area contributed by atoms with Gasteiger partial charge in [0.15, 0.2) is 11.5 Å². The standard InChI is InChI=1S/C21H29N3O3/c1-22-21(25)18-12-11-16(23(18)2)17-9-5-6-13-24(17)14-15-8-7-10-19(26-3)20(15)27-4/h7-8,10-12,17H,5-6,9,13-14H2,1-4H3,(H,22,25)/t17-/m0/s1. The maximum atomic E-state index is 12.1. The van der Waals surface area contributed by atoms with Crippen LogP contribution in [0.3, 0.4) is 0 Å². The minimum atomic E-state index is -0.0550. The lowest BCUT2D eigenvalue weighted by Gasteiger charge is -2.36. The van der Waals surface area contributed by atoms with E-state index in [1.807, 2.05) is 29.8 Å². The summed E-state index contributed by atoms with van der Waals surface area (Å²) in [6.07, 6.45) is 3.45. The molecule has 0 radical (unpaired) electrons. The summed E-state index contributed by atoms with van der Waals surface area (Å²) in [7, 11) is 6.98. The zero-order valence-corrected chi connectivity index (χ0v) is 16.6. The molecule has 2 aromatic rings. The summed E-state index contributed by atoms with van der Waals surface area (Å²) in [4.78, 5) is 14.6. The quantitative estimate of drug-likeness (QED) is 0.848. The van der Waals surface area contributed by atoms with Gasteiger partial charge in [-0.15, -0.1) is 0 Å². The molecule has 0 unspecified atom stereocenters. The number of hydrogen-bond acceptors (Lipinski definition) is 4. The van der Waals surface area contributed by atoms with Crippen molar-refractivity contribution < 1.29 is 14.3 Å². The lowest BCUT2D eigenvalue weighted by Crippen LogP contribution is -2.34. The van der Waals surface area contributed by atoms with Gasteiger partial charge in [-0.25, -0.2) is 0 Å². The van der Waals surface area contributed by atoms with Crippen LogP contribution >= 0.6 is 0 Å². The van der Waals surface area contributed by atoms with Crippen LogP contribution in [0.15, 0.2) is 30.3 Å². The van der Waals surface area contributed by atoms with Gasteiger partial charge >= 0.3 is 0 Å². The molecule has 27 heavy (non-hydrogen) atoms. The van der Waals surface area contributed by atoms with Crippen LogP contribution in [-0.4, -0.2) is 43.2 Å². The Morgan fingerprint density at radius 2 is 2.00 bits per heavy atom. The van der Waals surface area contributed by atoms with E-state index in [1.165, 1.54) is 18.5 Å². The summed E-state index contributed by atoms with van der Waals surface area (Å²) in [5.41, 5.74) is 2.98. The van der Waals surface area contributed by atoms with Gasteiger partial charge in [0, 0.05) is 31.9 Å². The Bertz CT molecular complexity index is 800. The summed E-state index contributed by atoms with van der Waals surface area (Å²) < 4.78 is 13.1. The Balaban J connectivity index is 1.89. The molecule has 0 saturated carbocycles. The number of ether oxygens (including phenoxy) is 2. The van der Waals surface area contributed by atoms with Crippen LogP contribution in [-0.2, 0) is 13.6 Å². The molecule has 1 aromatic heterocycles. The average molecular weight is 371 g/mol. The number of hydrogen-bond donors (Lipinski definition) is 1. The van der Waals surface area contributed by atoms with Gasteiger partial charge in [-0.3, -0.25) is 9.69 Å². The Morgan fingerprint density at radius 1 is 1.19 bits per heavy atom. The Kier molecular flexibility index (Phi) is 6.06. The third-order valence-corrected chi connectivity index (χ3v) is 5.43. The molecule has 1 saturated heterocycles. The van der Waals surface area contributed by atoms with Crippen molar-refractivity contribution in [2.24, 2.45) is 7.05 Å². The molecule has 146 valence electrons. The smallest absolute Gasteiger partial charge is 0.267 e. The topological polar surface area (TPSA) is 55.7 Å². The number of rotatable bonds is 6. The fourth-order valence-corrected chi connectivity index (χ4v) is 4.03. The molecule has 3 rings (SSSR count). The molecule has 0 bridgehead atoms. The number of likely N-dealkylation sites (tertiary alicyclic amines) is 1. The van der Waals surface area contributed by atoms with Crippen LogP contribution in [0.1, 0.15) is 47.1 Å². The van der Waals surface area contributed by atoms with Crippen molar-refractivity contribution in [3.63, 3.8) is 0 Å². The predicted molar refractivity (Wildman–Crippen MR) is 105 cm³/mol. The van der Waals surface area contributed by atoms with Gasteiger partial charge in [0.2, 0.25) is 0 Å². The third-order valence-electron chi connectivity index (χ3n) is 5.43. The maximum absolute atomic E-state index is 12.1. The Morgan fingerprint density at radius 3 is 2.70 bits per heavy atom. The average Bonchev–Trinajstić information content (AvgIpc) is 3.08. The van der Waals surface area contributed by atoms with Crippen LogP contribution < -0.4 is 14.8 Å². The van der Waals surface area contributed by atoms with Gasteiger partial charge in [0.25, 0.3) is 5.91 Å². The second kappa shape index (κ2) is 8.48. The van der Waals surface area contributed by atoms with Crippen molar-refractivity contribution in [3.8, 4) is 11.5 Å². The van der Waals surface area contributed by atoms with E-state index >= 15 is 0 Å². The summed E-state index contributed by atoms with van der Waals surface area (Å²) in [6, 6.07) is 10.3. The fraction of sp³-hybridized carbons (Fsp3) is 0.476. The molecule has 1 amide bonds. The van der Waals surface area contributed by atoms with E-state index < -0.39 is 0 Å². The van der Waals surface area contributed by atoms with Gasteiger partial charge in [-0.05, 0) is 37.6 Å². The number of nitrogens with zero attached hydrogens (tertiary/aromatic N) is 2. The lowest BCUT2D eigenvalue weighted by atomic mass is 9.98. The number of methoxy groups -OCH3 is 2. The van der Waals surface area contributed by atoms with E-state index in [0.717, 1.165) is 36.6 Å². The van der Waals surface area contributed by atoms with Crippen LogP contribution in [0.4, 0.5) is 0 Å². The van der Waals surface area contributed by atoms with Crippen molar-refractivity contribution >= 4 is 5.91 Å². The molecule has 1 fully saturated rings. The number of piperidine rings is 1. The van der Waals surface area contributed by atoms with E-state index in [0.29, 0.717) is 5.69 Å². The number of amides is 1. The number of carbonyl (C=O) groups excluding carboxylic acids is 1. The number of aromatic nitrogens is 1. The Hall–Kier alpha value is -2.47. The van der Waals surface area contributed by atoms with Gasteiger partial charge < -0.3 is 19.4 Å². The molecule has 6 heteroatoms. The van der Waals surface area contributed by atoms with Gasteiger partial charge in [0.05, 0.1) is 20.3 Å². The molecule has 1 aromatic carbocycles. The zero-order valence-electron chi connectivity index (χ0n) is 16.6. The summed E-state index contributed by atoms with van der Waals surface area (Å²) in [5.74, 6) is 1.49. The maximum Gasteiger partial charge on any atom is 0.267 e. The van der Waals surface area contributed by atoms with Crippen molar-refractivity contribution in [3.05, 3.63) is 47.3 Å². The largest absolute Gasteiger partial charge is 0.493 e. The highest BCUT2D eigenvalue weighted by molar-refractivity contribution is 5.92. The first-order valence-corrected chi connectivity index (χ1v) is 9.42. The SMILES string of the molecule is CNC(=O)c1ccc([C@@H]2CCCCN2Cc2cccc(OC)c2OC)n1C. The van der Waals surface area contributed by atoms with Gasteiger partial charge in [0.1, 0.15) is 5.69 Å². The highest BCUT2D eigenvalue weighted by Crippen LogP contribution is 2.36. The van der Waals surface area contributed by atoms with Crippen LogP contribution in [0, 0.1) is 0 Å². The second-order valence-corrected chi connectivity index (χ2v) is 6.92. The predicted octanol–water partition coefficient (Wildman–Crippen LogP) is 3.13. The minimum absolute atomic E-state index is 0.0550. The first-order chi connectivity index (χ1) is 13.1. The Labute approximate surface area is 161 Å². The molecule has 6 nitrogen and oxygen atoms in total. The van der Waals surface area contributed by atoms with Crippen molar-refractivity contribution in [1.29, 1.82) is 0 Å². The number of nitrogens with one attached hydrogen (secondary N) is 1. The monoisotopic (exact) mass is 371 g/mol. The van der Waals surface area contributed by atoms with Gasteiger partial charge in [-0.1, -0.05) is 18.6 Å². The summed E-state index contributed by atoms with van der Waals surface area (Å²) in [6.45, 7) is 1.80. The highest BCUT2D eigenvalue weighted by atomic mass is 16.5. The summed E-state index contributed by atoms with van der Waals surface area (Å²) >= 11 is 0. The molecule has 1 aliphatic rings. The van der Waals surface area contributed by atoms with Crippen LogP contribution in [0.25, 0.3) is 0 Å². The van der Waals surface area contributed by atoms with E-state index in [1.54, 1.807) is 21.3 Å². The lowest BCUT2D eigenvalue weighted by molar-refractivity contribution is 0.0952. The minimum Gasteiger partial charge on any atom is -0.493 e. The molecule has 1 atom stereocenters. The summed E-state index contributed by atoms with van der Waals surface area (Å²) in [5, 5.41) is 2.71. The van der Waals surface area contributed by atoms with Crippen LogP contribution in [0.2, 0.25) is 0 Å². The molecule has 0 aliphatic carbocycles. The second-order valence-electron chi connectivity index (χ2n) is 6.92. The van der Waals surface area contributed by atoms with Crippen molar-refractivity contribution in [2.75, 3.05) is 27.8 Å². The molecule has 2 heterocycles. The van der Waals surface area contributed by atoms with Gasteiger partial charge in [-0.2, -0.15) is 0 Å². The van der Waals surface area contributed by atoms with Crippen LogP contribution in [0.5, 0.6) is 11.5 Å². The zero-order chi connectivity index (χ0) is 19.4. The number of carbonyl (C=O) groups is 1. The molecular formula is C21H29N3O3. The van der Waals surface area contributed by atoms with E-state index in [2.05, 4.69) is 22.3 Å². The first-order valence-electron chi connectivity index (χ1n) is 9.42. The highest BCUT2D eigenvalue weighted by Gasteiger charge is 2.28. The van der Waals surface area contributed by atoms with E-state index in [9.17, 15) is 4.79 Å². The first kappa shape index (κ1) is 19.3. The fourth-order valence-electron chi connectivity index (χ4n) is 4.03. The van der Waals surface area contributed by atoms with E-state index in [4.69, 9.17) is 9.47 Å².